The third-order valence-electron chi connectivity index (χ3n) is 8.08. The number of hydrogen-bond donors (Lipinski definition) is 3. The molecule has 0 radical (unpaired) electrons. The van der Waals surface area contributed by atoms with Crippen molar-refractivity contribution in [2.75, 3.05) is 37.6 Å². The normalized spacial score (nSPS) is 22.7. The molecule has 3 heterocycles. The van der Waals surface area contributed by atoms with Crippen molar-refractivity contribution in [2.45, 2.75) is 51.4 Å². The van der Waals surface area contributed by atoms with Crippen LogP contribution in [0.15, 0.2) is 67.0 Å². The lowest BCUT2D eigenvalue weighted by molar-refractivity contribution is -0.276. The number of amides is 1. The first-order valence-corrected chi connectivity index (χ1v) is 14.7. The van der Waals surface area contributed by atoms with Gasteiger partial charge in [-0.15, -0.1) is 0 Å². The third-order valence-corrected chi connectivity index (χ3v) is 8.08. The number of aromatic nitrogens is 2. The second kappa shape index (κ2) is 14.5. The van der Waals surface area contributed by atoms with E-state index in [1.807, 2.05) is 54.6 Å². The number of carboxylic acids is 1. The zero-order valence-electron chi connectivity index (χ0n) is 24.3. The number of nitrogens with one attached hydrogen (secondary N) is 1. The average molecular weight is 590 g/mol. The minimum absolute atomic E-state index is 0.0118. The summed E-state index contributed by atoms with van der Waals surface area (Å²) in [7, 11) is 0. The smallest absolute Gasteiger partial charge is 0.303 e. The Bertz CT molecular complexity index is 1330. The monoisotopic (exact) mass is 589 g/mol. The number of hydrogen-bond acceptors (Lipinski definition) is 9. The lowest BCUT2D eigenvalue weighted by Gasteiger charge is -2.44. The molecule has 0 saturated carbocycles. The minimum Gasteiger partial charge on any atom is -0.481 e. The van der Waals surface area contributed by atoms with Gasteiger partial charge in [-0.2, -0.15) is 0 Å². The summed E-state index contributed by atoms with van der Waals surface area (Å²) in [5.41, 5.74) is 3.66. The topological polar surface area (TPSA) is 137 Å². The summed E-state index contributed by atoms with van der Waals surface area (Å²) in [4.78, 5) is 36.0. The van der Waals surface area contributed by atoms with E-state index in [0.29, 0.717) is 6.54 Å². The number of aliphatic hydroxyl groups is 1. The Morgan fingerprint density at radius 1 is 0.907 bits per heavy atom. The number of benzene rings is 2. The van der Waals surface area contributed by atoms with Crippen LogP contribution in [0.4, 0.5) is 5.95 Å². The molecule has 5 rings (SSSR count). The van der Waals surface area contributed by atoms with Gasteiger partial charge in [0.25, 0.3) is 0 Å². The molecule has 1 aromatic heterocycles. The number of ether oxygens (including phenoxy) is 2. The Labute approximate surface area is 251 Å². The summed E-state index contributed by atoms with van der Waals surface area (Å²) in [6.45, 7) is 6.65. The zero-order valence-corrected chi connectivity index (χ0v) is 24.3. The molecule has 11 heteroatoms. The van der Waals surface area contributed by atoms with Crippen LogP contribution in [-0.4, -0.2) is 75.8 Å². The average Bonchev–Trinajstić information content (AvgIpc) is 3.05. The van der Waals surface area contributed by atoms with Gasteiger partial charge in [-0.1, -0.05) is 55.5 Å². The maximum atomic E-state index is 11.9. The molecule has 2 fully saturated rings. The van der Waals surface area contributed by atoms with E-state index in [2.05, 4.69) is 32.0 Å². The molecule has 2 saturated heterocycles. The predicted octanol–water partition coefficient (Wildman–Crippen LogP) is 3.06. The Hall–Kier alpha value is -3.90. The first kappa shape index (κ1) is 30.6. The van der Waals surface area contributed by atoms with Crippen molar-refractivity contribution < 1.29 is 29.3 Å². The molecule has 228 valence electrons. The van der Waals surface area contributed by atoms with Crippen LogP contribution in [0.3, 0.4) is 0 Å². The number of piperazine rings is 1. The summed E-state index contributed by atoms with van der Waals surface area (Å²) >= 11 is 0. The molecule has 1 amide bonds. The minimum atomic E-state index is -0.994. The van der Waals surface area contributed by atoms with Gasteiger partial charge in [0.15, 0.2) is 6.29 Å². The molecule has 0 bridgehead atoms. The Morgan fingerprint density at radius 3 is 2.21 bits per heavy atom. The van der Waals surface area contributed by atoms with Crippen LogP contribution >= 0.6 is 0 Å². The second-order valence-corrected chi connectivity index (χ2v) is 11.1. The highest BCUT2D eigenvalue weighted by Crippen LogP contribution is 2.42. The van der Waals surface area contributed by atoms with Gasteiger partial charge in [-0.3, -0.25) is 14.5 Å². The van der Waals surface area contributed by atoms with E-state index < -0.39 is 12.3 Å². The highest BCUT2D eigenvalue weighted by molar-refractivity contribution is 5.80. The molecule has 4 unspecified atom stereocenters. The number of carbonyl (C=O) groups is 2. The largest absolute Gasteiger partial charge is 0.481 e. The number of anilines is 1. The second-order valence-electron chi connectivity index (χ2n) is 11.1. The maximum absolute atomic E-state index is 11.9. The van der Waals surface area contributed by atoms with Crippen molar-refractivity contribution in [3.05, 3.63) is 89.2 Å². The highest BCUT2D eigenvalue weighted by Gasteiger charge is 2.39. The number of aliphatic hydroxyl groups excluding tert-OH is 1. The first-order chi connectivity index (χ1) is 20.9. The molecule has 2 aromatic carbocycles. The van der Waals surface area contributed by atoms with E-state index in [4.69, 9.17) is 14.6 Å². The van der Waals surface area contributed by atoms with Gasteiger partial charge < -0.3 is 29.9 Å². The van der Waals surface area contributed by atoms with E-state index in [1.165, 1.54) is 0 Å². The van der Waals surface area contributed by atoms with Crippen LogP contribution in [0.25, 0.3) is 0 Å². The van der Waals surface area contributed by atoms with Crippen molar-refractivity contribution in [3.8, 4) is 0 Å². The quantitative estimate of drug-likeness (QED) is 0.306. The Morgan fingerprint density at radius 2 is 1.56 bits per heavy atom. The van der Waals surface area contributed by atoms with Crippen LogP contribution in [0, 0.1) is 5.92 Å². The van der Waals surface area contributed by atoms with Gasteiger partial charge >= 0.3 is 5.97 Å². The zero-order chi connectivity index (χ0) is 30.2. The van der Waals surface area contributed by atoms with Gasteiger partial charge in [-0.05, 0) is 22.8 Å². The summed E-state index contributed by atoms with van der Waals surface area (Å²) in [6.07, 6.45) is 2.42. The van der Waals surface area contributed by atoms with Crippen molar-refractivity contribution in [1.29, 1.82) is 0 Å². The fraction of sp³-hybridized carbons (Fsp3) is 0.438. The lowest BCUT2D eigenvalue weighted by Crippen LogP contribution is -2.51. The van der Waals surface area contributed by atoms with Gasteiger partial charge in [0.2, 0.25) is 11.9 Å². The van der Waals surface area contributed by atoms with E-state index in [1.54, 1.807) is 12.4 Å². The van der Waals surface area contributed by atoms with E-state index in [9.17, 15) is 14.7 Å². The number of nitrogens with zero attached hydrogens (tertiary/aromatic N) is 4. The molecular formula is C32H39N5O6. The van der Waals surface area contributed by atoms with Crippen molar-refractivity contribution in [1.82, 2.24) is 20.2 Å². The molecule has 2 aliphatic rings. The molecule has 2 aliphatic heterocycles. The van der Waals surface area contributed by atoms with Crippen LogP contribution in [0.5, 0.6) is 0 Å². The molecule has 11 nitrogen and oxygen atoms in total. The standard InChI is InChI=1S/C32H39N5O6/c1-22-27(20-36-15-17-37(18-16-36)32-33-13-2-14-34-32)42-31(43-30(22)25-7-5-24(21-38)6-8-25)26-9-3-23(4-10-26)19-35-28(39)11-12-29(40)41/h2-10,13-14,22,27,30-31,38H,11-12,15-21H2,1H3,(H,35,39)(H,40,41). The molecular weight excluding hydrogens is 550 g/mol. The van der Waals surface area contributed by atoms with Crippen molar-refractivity contribution >= 4 is 17.8 Å². The Balaban J connectivity index is 1.26. The van der Waals surface area contributed by atoms with Crippen molar-refractivity contribution in [3.63, 3.8) is 0 Å². The maximum Gasteiger partial charge on any atom is 0.303 e. The molecule has 4 atom stereocenters. The van der Waals surface area contributed by atoms with Crippen LogP contribution < -0.4 is 10.2 Å². The number of aliphatic carboxylic acids is 1. The third kappa shape index (κ3) is 8.14. The fourth-order valence-electron chi connectivity index (χ4n) is 5.47. The molecule has 3 N–H and O–H groups in total. The number of carbonyl (C=O) groups excluding carboxylic acids is 1. The van der Waals surface area contributed by atoms with E-state index in [0.717, 1.165) is 60.9 Å². The number of rotatable bonds is 11. The van der Waals surface area contributed by atoms with Crippen LogP contribution in [0.1, 0.15) is 54.4 Å². The van der Waals surface area contributed by atoms with Gasteiger partial charge in [0.1, 0.15) is 0 Å². The first-order valence-electron chi connectivity index (χ1n) is 14.7. The summed E-state index contributed by atoms with van der Waals surface area (Å²) in [5.74, 6) is -0.458. The summed E-state index contributed by atoms with van der Waals surface area (Å²) < 4.78 is 13.2. The summed E-state index contributed by atoms with van der Waals surface area (Å²) in [6, 6.07) is 17.4. The van der Waals surface area contributed by atoms with E-state index >= 15 is 0 Å². The van der Waals surface area contributed by atoms with Crippen molar-refractivity contribution in [2.24, 2.45) is 5.92 Å². The van der Waals surface area contributed by atoms with E-state index in [-0.39, 0.29) is 43.5 Å². The fourth-order valence-corrected chi connectivity index (χ4v) is 5.47. The van der Waals surface area contributed by atoms with Gasteiger partial charge in [0, 0.05) is 69.6 Å². The van der Waals surface area contributed by atoms with Gasteiger partial charge in [0.05, 0.1) is 25.2 Å². The number of carboxylic acid groups (broad SMARTS) is 1. The predicted molar refractivity (Wildman–Crippen MR) is 159 cm³/mol. The molecule has 43 heavy (non-hydrogen) atoms. The van der Waals surface area contributed by atoms with Crippen LogP contribution in [0.2, 0.25) is 0 Å². The van der Waals surface area contributed by atoms with Gasteiger partial charge in [-0.25, -0.2) is 9.97 Å². The molecule has 3 aromatic rings. The van der Waals surface area contributed by atoms with Crippen LogP contribution in [-0.2, 0) is 32.2 Å². The summed E-state index contributed by atoms with van der Waals surface area (Å²) in [5, 5.41) is 21.1. The Kier molecular flexibility index (Phi) is 10.3. The highest BCUT2D eigenvalue weighted by atomic mass is 16.7. The molecule has 0 spiro atoms. The lowest BCUT2D eigenvalue weighted by atomic mass is 9.90. The molecule has 0 aliphatic carbocycles. The SMILES string of the molecule is CC1C(CN2CCN(c3ncccn3)CC2)OC(c2ccc(CNC(=O)CCC(=O)O)cc2)OC1c1ccc(CO)cc1.